The van der Waals surface area contributed by atoms with E-state index in [4.69, 9.17) is 17.5 Å². The van der Waals surface area contributed by atoms with Crippen molar-refractivity contribution in [1.29, 1.82) is 0 Å². The number of ether oxygens (including phenoxy) is 1. The summed E-state index contributed by atoms with van der Waals surface area (Å²) in [5, 5.41) is 0. The molecule has 0 radical (unpaired) electrons. The number of carbonyl (C=O) groups is 1. The maximum absolute atomic E-state index is 9.59. The molecule has 0 aliphatic carbocycles. The molecule has 0 aliphatic heterocycles. The number of carbonyl (C=O) groups excluding carboxylic acids is 1. The van der Waals surface area contributed by atoms with Crippen molar-refractivity contribution in [2.45, 2.75) is 6.92 Å². The van der Waals surface area contributed by atoms with Crippen molar-refractivity contribution in [3.8, 4) is 0 Å². The Morgan fingerprint density at radius 1 is 1.25 bits per heavy atom. The smallest absolute Gasteiger partial charge is 0.759 e. The van der Waals surface area contributed by atoms with Crippen LogP contribution in [-0.2, 0) is 19.9 Å². The molecule has 0 heterocycles. The molecular formula is C3H6Na2O6S. The van der Waals surface area contributed by atoms with Crippen LogP contribution in [0.4, 0.5) is 0 Å². The van der Waals surface area contributed by atoms with E-state index in [-0.39, 0.29) is 65.1 Å². The maximum atomic E-state index is 9.59. The molecule has 0 saturated heterocycles. The monoisotopic (exact) mass is 216 g/mol. The summed E-state index contributed by atoms with van der Waals surface area (Å²) in [6.45, 7) is 1.36. The molecule has 0 amide bonds. The predicted molar refractivity (Wildman–Crippen MR) is 28.2 cm³/mol. The Kier molecular flexibility index (Phi) is 23.9. The van der Waals surface area contributed by atoms with Crippen LogP contribution < -0.4 is 59.1 Å². The summed E-state index contributed by atoms with van der Waals surface area (Å²) in [7, 11) is -3.82. The van der Waals surface area contributed by atoms with Crippen LogP contribution >= 0.6 is 0 Å². The van der Waals surface area contributed by atoms with Gasteiger partial charge in [-0.15, -0.1) is 0 Å². The molecule has 0 unspecified atom stereocenters. The normalized spacial score (nSPS) is 7.67. The Morgan fingerprint density at radius 2 is 1.33 bits per heavy atom. The third-order valence-electron chi connectivity index (χ3n) is 0.287. The van der Waals surface area contributed by atoms with Gasteiger partial charge in [-0.2, -0.15) is 0 Å². The summed E-state index contributed by atoms with van der Waals surface area (Å²) in [6, 6.07) is 0. The van der Waals surface area contributed by atoms with E-state index in [0.717, 1.165) is 0 Å². The molecule has 0 spiro atoms. The van der Waals surface area contributed by atoms with Crippen molar-refractivity contribution in [1.82, 2.24) is 0 Å². The Balaban J connectivity index is -0.0000000457. The van der Waals surface area contributed by atoms with Crippen molar-refractivity contribution in [3.63, 3.8) is 0 Å². The van der Waals surface area contributed by atoms with Crippen LogP contribution in [0.3, 0.4) is 0 Å². The molecule has 6 nitrogen and oxygen atoms in total. The average molecular weight is 216 g/mol. The van der Waals surface area contributed by atoms with Crippen LogP contribution in [0, 0.1) is 0 Å². The van der Waals surface area contributed by atoms with Gasteiger partial charge in [-0.1, -0.05) is 0 Å². The zero-order valence-electron chi connectivity index (χ0n) is 7.36. The fraction of sp³-hybridized carbons (Fsp3) is 0.667. The molecule has 0 saturated carbocycles. The van der Waals surface area contributed by atoms with Gasteiger partial charge in [0.1, 0.15) is 0 Å². The molecule has 0 atom stereocenters. The minimum absolute atomic E-state index is 0. The summed E-state index contributed by atoms with van der Waals surface area (Å²) in [5.74, 6) is -0.245. The first-order valence-electron chi connectivity index (χ1n) is 1.98. The Hall–Kier alpha value is 1.34. The standard InChI is InChI=1S/C3H6O2.2Na.H2O4S/c1-3(4)5-2;;;1-5(2,3)4/h1-2H3;;;(H2,1,2,3,4)/q;2*+1;/p-2. The molecule has 0 rings (SSSR count). The Morgan fingerprint density at radius 3 is 1.33 bits per heavy atom. The second-order valence-corrected chi connectivity index (χ2v) is 1.92. The van der Waals surface area contributed by atoms with Crippen molar-refractivity contribution in [2.24, 2.45) is 0 Å². The van der Waals surface area contributed by atoms with Gasteiger partial charge in [-0.3, -0.25) is 13.2 Å². The molecule has 12 heavy (non-hydrogen) atoms. The first-order valence-corrected chi connectivity index (χ1v) is 3.32. The molecule has 0 aromatic carbocycles. The van der Waals surface area contributed by atoms with E-state index in [1.807, 2.05) is 0 Å². The summed E-state index contributed by atoms with van der Waals surface area (Å²) in [6.07, 6.45) is 0. The largest absolute Gasteiger partial charge is 1.00 e. The topological polar surface area (TPSA) is 107 Å². The van der Waals surface area contributed by atoms with Crippen LogP contribution in [-0.4, -0.2) is 30.6 Å². The first-order chi connectivity index (χ1) is 4.27. The zero-order chi connectivity index (χ0) is 8.78. The van der Waals surface area contributed by atoms with Gasteiger partial charge in [0.05, 0.1) is 7.11 Å². The summed E-state index contributed by atoms with van der Waals surface area (Å²) in [4.78, 5) is 9.59. The number of esters is 1. The van der Waals surface area contributed by atoms with Crippen LogP contribution in [0.25, 0.3) is 0 Å². The van der Waals surface area contributed by atoms with E-state index in [1.165, 1.54) is 14.0 Å². The second kappa shape index (κ2) is 12.3. The van der Waals surface area contributed by atoms with E-state index in [9.17, 15) is 4.79 Å². The molecule has 0 aromatic heterocycles. The van der Waals surface area contributed by atoms with E-state index < -0.39 is 10.4 Å². The quantitative estimate of drug-likeness (QED) is 0.172. The van der Waals surface area contributed by atoms with E-state index >= 15 is 0 Å². The Labute approximate surface area is 115 Å². The van der Waals surface area contributed by atoms with Gasteiger partial charge in [-0.25, -0.2) is 0 Å². The van der Waals surface area contributed by atoms with E-state index in [1.54, 1.807) is 0 Å². The number of hydrogen-bond acceptors (Lipinski definition) is 6. The molecule has 0 bridgehead atoms. The van der Waals surface area contributed by atoms with Gasteiger partial charge in [0, 0.05) is 17.3 Å². The minimum Gasteiger partial charge on any atom is -0.759 e. The van der Waals surface area contributed by atoms with Gasteiger partial charge >= 0.3 is 65.1 Å². The number of rotatable bonds is 0. The maximum Gasteiger partial charge on any atom is 1.00 e. The molecule has 0 fully saturated rings. The van der Waals surface area contributed by atoms with Crippen LogP contribution in [0.5, 0.6) is 0 Å². The molecule has 9 heteroatoms. The van der Waals surface area contributed by atoms with Crippen LogP contribution in [0.1, 0.15) is 6.92 Å². The van der Waals surface area contributed by atoms with E-state index in [2.05, 4.69) is 4.74 Å². The molecule has 0 aromatic rings. The van der Waals surface area contributed by atoms with Gasteiger partial charge in [0.2, 0.25) is 0 Å². The van der Waals surface area contributed by atoms with Gasteiger partial charge < -0.3 is 13.8 Å². The van der Waals surface area contributed by atoms with Crippen LogP contribution in [0.15, 0.2) is 0 Å². The SMILES string of the molecule is COC(C)=O.O=S(=O)([O-])[O-].[Na+].[Na+]. The van der Waals surface area contributed by atoms with Crippen molar-refractivity contribution in [3.05, 3.63) is 0 Å². The van der Waals surface area contributed by atoms with Crippen molar-refractivity contribution in [2.75, 3.05) is 7.11 Å². The first kappa shape index (κ1) is 23.3. The fourth-order valence-corrected chi connectivity index (χ4v) is 0. The number of hydrogen-bond donors (Lipinski definition) is 0. The summed E-state index contributed by atoms with van der Waals surface area (Å²) >= 11 is 0. The third-order valence-corrected chi connectivity index (χ3v) is 0.287. The van der Waals surface area contributed by atoms with Gasteiger partial charge in [0.15, 0.2) is 0 Å². The van der Waals surface area contributed by atoms with Gasteiger partial charge in [0.25, 0.3) is 0 Å². The van der Waals surface area contributed by atoms with Crippen LogP contribution in [0.2, 0.25) is 0 Å². The Bertz CT molecular complexity index is 179. The number of methoxy groups -OCH3 is 1. The zero-order valence-corrected chi connectivity index (χ0v) is 12.2. The van der Waals surface area contributed by atoms with Crippen molar-refractivity contribution < 1.29 is 86.2 Å². The van der Waals surface area contributed by atoms with Crippen molar-refractivity contribution >= 4 is 16.4 Å². The fourth-order valence-electron chi connectivity index (χ4n) is 0. The molecule has 0 aliphatic rings. The molecule has 0 N–H and O–H groups in total. The van der Waals surface area contributed by atoms with Gasteiger partial charge in [-0.05, 0) is 0 Å². The summed E-state index contributed by atoms with van der Waals surface area (Å²) in [5.41, 5.74) is 0. The second-order valence-electron chi connectivity index (χ2n) is 1.10. The molecular weight excluding hydrogens is 210 g/mol. The van der Waals surface area contributed by atoms with E-state index in [0.29, 0.717) is 0 Å². The minimum atomic E-state index is -5.17. The average Bonchev–Trinajstić information content (AvgIpc) is 1.61. The predicted octanol–water partition coefficient (Wildman–Crippen LogP) is -7.15. The third kappa shape index (κ3) is 109. The molecule has 62 valence electrons. The summed E-state index contributed by atoms with van der Waals surface area (Å²) < 4.78 is 38.2.